The lowest BCUT2D eigenvalue weighted by Crippen LogP contribution is -2.39. The minimum Gasteiger partial charge on any atom is -0.378 e. The Morgan fingerprint density at radius 3 is 1.87 bits per heavy atom. The van der Waals surface area contributed by atoms with E-state index in [-0.39, 0.29) is 0 Å². The predicted octanol–water partition coefficient (Wildman–Crippen LogP) is 7.80. The molecule has 0 unspecified atom stereocenters. The van der Waals surface area contributed by atoms with E-state index in [1.165, 1.54) is 0 Å². The Morgan fingerprint density at radius 1 is 0.702 bits per heavy atom. The van der Waals surface area contributed by atoms with E-state index in [4.69, 9.17) is 19.8 Å². The molecule has 6 aromatic rings. The Bertz CT molecular complexity index is 1970. The molecular weight excluding hydrogens is 580 g/mol. The molecule has 2 aliphatic heterocycles. The maximum atomic E-state index is 5.63. The van der Waals surface area contributed by atoms with Gasteiger partial charge in [0, 0.05) is 36.5 Å². The molecule has 47 heavy (non-hydrogen) atoms. The van der Waals surface area contributed by atoms with Gasteiger partial charge in [0.2, 0.25) is 0 Å². The number of morpholine rings is 1. The summed E-state index contributed by atoms with van der Waals surface area (Å²) in [6.45, 7) is 7.25. The second-order valence-electron chi connectivity index (χ2n) is 12.1. The van der Waals surface area contributed by atoms with Crippen LogP contribution in [0.15, 0.2) is 133 Å². The number of pyridine rings is 1. The Kier molecular flexibility index (Phi) is 7.38. The summed E-state index contributed by atoms with van der Waals surface area (Å²) < 4.78 is 7.79. The molecule has 2 aliphatic rings. The zero-order chi connectivity index (χ0) is 31.8. The van der Waals surface area contributed by atoms with Gasteiger partial charge in [0.1, 0.15) is 17.0 Å². The third kappa shape index (κ3) is 4.91. The van der Waals surface area contributed by atoms with Crippen LogP contribution in [-0.2, 0) is 10.3 Å². The monoisotopic (exact) mass is 616 g/mol. The SMILES string of the molecule is Cc1ccccc1C1=Nc2c(nn(C(c3ccccc3)(c3ccccc3)c3ccccc3)c2C)Nc2cc(N3CCOCC3)ncc21. The third-order valence-corrected chi connectivity index (χ3v) is 9.33. The molecule has 7 nitrogen and oxygen atoms in total. The fourth-order valence-electron chi connectivity index (χ4n) is 6.99. The average molecular weight is 617 g/mol. The van der Waals surface area contributed by atoms with Crippen LogP contribution in [0.3, 0.4) is 0 Å². The maximum absolute atomic E-state index is 5.63. The zero-order valence-corrected chi connectivity index (χ0v) is 26.6. The summed E-state index contributed by atoms with van der Waals surface area (Å²) in [4.78, 5) is 12.7. The van der Waals surface area contributed by atoms with Gasteiger partial charge >= 0.3 is 0 Å². The summed E-state index contributed by atoms with van der Waals surface area (Å²) in [7, 11) is 0. The molecule has 0 saturated carbocycles. The van der Waals surface area contributed by atoms with Gasteiger partial charge in [-0.15, -0.1) is 0 Å². The minimum absolute atomic E-state index is 0.691. The molecule has 8 rings (SSSR count). The first-order valence-corrected chi connectivity index (χ1v) is 16.2. The quantitative estimate of drug-likeness (QED) is 0.193. The van der Waals surface area contributed by atoms with Crippen LogP contribution >= 0.6 is 0 Å². The van der Waals surface area contributed by atoms with Gasteiger partial charge in [-0.3, -0.25) is 0 Å². The van der Waals surface area contributed by atoms with Crippen molar-refractivity contribution in [3.63, 3.8) is 0 Å². The van der Waals surface area contributed by atoms with E-state index in [2.05, 4.69) is 150 Å². The van der Waals surface area contributed by atoms with Crippen molar-refractivity contribution < 1.29 is 4.74 Å². The van der Waals surface area contributed by atoms with Crippen LogP contribution in [-0.4, -0.2) is 46.8 Å². The van der Waals surface area contributed by atoms with Crippen molar-refractivity contribution in [3.8, 4) is 0 Å². The van der Waals surface area contributed by atoms with E-state index in [0.29, 0.717) is 19.0 Å². The molecule has 4 aromatic carbocycles. The van der Waals surface area contributed by atoms with Gasteiger partial charge in [-0.05, 0) is 36.1 Å². The topological polar surface area (TPSA) is 67.6 Å². The van der Waals surface area contributed by atoms with E-state index in [9.17, 15) is 0 Å². The molecule has 0 spiro atoms. The molecule has 0 radical (unpaired) electrons. The van der Waals surface area contributed by atoms with Gasteiger partial charge in [-0.1, -0.05) is 115 Å². The minimum atomic E-state index is -0.764. The van der Waals surface area contributed by atoms with Gasteiger partial charge in [0.25, 0.3) is 0 Å². The Hall–Kier alpha value is -5.53. The fraction of sp³-hybridized carbons (Fsp3) is 0.175. The highest BCUT2D eigenvalue weighted by molar-refractivity contribution is 6.19. The van der Waals surface area contributed by atoms with Crippen molar-refractivity contribution in [2.24, 2.45) is 4.99 Å². The zero-order valence-electron chi connectivity index (χ0n) is 26.6. The highest BCUT2D eigenvalue weighted by Gasteiger charge is 2.42. The van der Waals surface area contributed by atoms with E-state index in [1.807, 2.05) is 6.20 Å². The lowest BCUT2D eigenvalue weighted by atomic mass is 9.77. The Balaban J connectivity index is 1.40. The number of hydrogen-bond donors (Lipinski definition) is 1. The van der Waals surface area contributed by atoms with E-state index in [0.717, 1.165) is 75.1 Å². The normalized spacial score (nSPS) is 14.4. The highest BCUT2D eigenvalue weighted by Crippen LogP contribution is 2.46. The number of benzene rings is 4. The molecule has 2 aromatic heterocycles. The molecule has 0 aliphatic carbocycles. The van der Waals surface area contributed by atoms with Gasteiger partial charge in [-0.25, -0.2) is 14.7 Å². The number of rotatable bonds is 6. The highest BCUT2D eigenvalue weighted by atomic mass is 16.5. The smallest absolute Gasteiger partial charge is 0.178 e. The van der Waals surface area contributed by atoms with E-state index >= 15 is 0 Å². The Morgan fingerprint density at radius 2 is 1.28 bits per heavy atom. The van der Waals surface area contributed by atoms with Crippen LogP contribution in [0, 0.1) is 13.8 Å². The average Bonchev–Trinajstić information content (AvgIpc) is 3.33. The number of nitrogens with zero attached hydrogens (tertiary/aromatic N) is 5. The number of ether oxygens (including phenoxy) is 1. The van der Waals surface area contributed by atoms with Crippen LogP contribution in [0.25, 0.3) is 0 Å². The van der Waals surface area contributed by atoms with Gasteiger partial charge < -0.3 is 15.0 Å². The lowest BCUT2D eigenvalue weighted by molar-refractivity contribution is 0.122. The summed E-state index contributed by atoms with van der Waals surface area (Å²) in [5.74, 6) is 1.62. The van der Waals surface area contributed by atoms with Crippen molar-refractivity contribution in [1.82, 2.24) is 14.8 Å². The van der Waals surface area contributed by atoms with Crippen LogP contribution in [0.2, 0.25) is 0 Å². The van der Waals surface area contributed by atoms with Crippen molar-refractivity contribution >= 4 is 28.7 Å². The summed E-state index contributed by atoms with van der Waals surface area (Å²) in [5, 5.41) is 9.19. The number of hydrogen-bond acceptors (Lipinski definition) is 6. The largest absolute Gasteiger partial charge is 0.378 e. The molecule has 0 amide bonds. The van der Waals surface area contributed by atoms with Crippen molar-refractivity contribution in [2.75, 3.05) is 36.5 Å². The molecule has 0 bridgehead atoms. The standard InChI is InChI=1S/C40H36N6O/c1-28-14-12-13-21-33(28)38-34-27-41-36(45-22-24-47-25-23-45)26-35(34)42-39-37(43-38)29(2)46(44-39)40(30-15-6-3-7-16-30,31-17-8-4-9-18-31)32-19-10-5-11-20-32/h3-21,26-27H,22-25H2,1-2H3,(H,42,44). The number of aromatic nitrogens is 3. The summed E-state index contributed by atoms with van der Waals surface area (Å²) in [5.41, 5.74) is 9.28. The fourth-order valence-corrected chi connectivity index (χ4v) is 6.99. The first-order valence-electron chi connectivity index (χ1n) is 16.2. The van der Waals surface area contributed by atoms with Crippen molar-refractivity contribution in [3.05, 3.63) is 167 Å². The first kappa shape index (κ1) is 28.9. The molecule has 7 heteroatoms. The second kappa shape index (κ2) is 12.0. The Labute approximate surface area is 275 Å². The number of aliphatic imine (C=N–C) groups is 1. The van der Waals surface area contributed by atoms with Gasteiger partial charge in [0.05, 0.1) is 30.3 Å². The van der Waals surface area contributed by atoms with Crippen LogP contribution < -0.4 is 10.2 Å². The molecule has 4 heterocycles. The molecule has 232 valence electrons. The molecule has 1 fully saturated rings. The lowest BCUT2D eigenvalue weighted by Gasteiger charge is -2.37. The molecule has 1 N–H and O–H groups in total. The van der Waals surface area contributed by atoms with Gasteiger partial charge in [-0.2, -0.15) is 5.10 Å². The van der Waals surface area contributed by atoms with Crippen LogP contribution in [0.5, 0.6) is 0 Å². The number of nitrogens with one attached hydrogen (secondary N) is 1. The first-order chi connectivity index (χ1) is 23.1. The summed E-state index contributed by atoms with van der Waals surface area (Å²) >= 11 is 0. The number of aryl methyl sites for hydroxylation is 1. The molecule has 0 atom stereocenters. The van der Waals surface area contributed by atoms with Crippen LogP contribution in [0.4, 0.5) is 23.0 Å². The third-order valence-electron chi connectivity index (χ3n) is 9.33. The van der Waals surface area contributed by atoms with Gasteiger partial charge in [0.15, 0.2) is 5.82 Å². The number of fused-ring (bicyclic) bond motifs is 2. The number of anilines is 3. The van der Waals surface area contributed by atoms with E-state index < -0.39 is 5.54 Å². The van der Waals surface area contributed by atoms with Crippen LogP contribution in [0.1, 0.15) is 39.1 Å². The molecule has 1 saturated heterocycles. The predicted molar refractivity (Wildman–Crippen MR) is 189 cm³/mol. The second-order valence-corrected chi connectivity index (χ2v) is 12.1. The maximum Gasteiger partial charge on any atom is 0.178 e. The summed E-state index contributed by atoms with van der Waals surface area (Å²) in [6.07, 6.45) is 1.95. The van der Waals surface area contributed by atoms with E-state index in [1.54, 1.807) is 0 Å². The summed E-state index contributed by atoms with van der Waals surface area (Å²) in [6, 6.07) is 42.5. The van der Waals surface area contributed by atoms with Crippen molar-refractivity contribution in [1.29, 1.82) is 0 Å². The molecular formula is C40H36N6O. The van der Waals surface area contributed by atoms with Crippen molar-refractivity contribution in [2.45, 2.75) is 19.4 Å².